The Morgan fingerprint density at radius 3 is 1.87 bits per heavy atom. The number of rotatable bonds is 9. The van der Waals surface area contributed by atoms with Crippen molar-refractivity contribution in [3.8, 4) is 0 Å². The second kappa shape index (κ2) is 8.26. The molecule has 0 aliphatic rings. The number of aliphatic carboxylic acids is 2. The molecule has 0 rings (SSSR count). The summed E-state index contributed by atoms with van der Waals surface area (Å²) in [6.07, 6.45) is 6.08. The summed E-state index contributed by atoms with van der Waals surface area (Å²) in [5.74, 6) is -4.52. The summed E-state index contributed by atoms with van der Waals surface area (Å²) in [7, 11) is 0. The first kappa shape index (κ1) is 13.9. The van der Waals surface area contributed by atoms with Gasteiger partial charge in [-0.2, -0.15) is 0 Å². The van der Waals surface area contributed by atoms with Gasteiger partial charge < -0.3 is 19.8 Å². The van der Waals surface area contributed by atoms with E-state index in [1.165, 1.54) is 6.42 Å². The molecule has 15 heavy (non-hydrogen) atoms. The molecule has 4 heteroatoms. The molecule has 0 aromatic carbocycles. The summed E-state index contributed by atoms with van der Waals surface area (Å²) >= 11 is 0. The molecular formula is C11H18O4-2. The van der Waals surface area contributed by atoms with Crippen LogP contribution in [0, 0.1) is 5.92 Å². The fourth-order valence-corrected chi connectivity index (χ4v) is 1.46. The lowest BCUT2D eigenvalue weighted by Gasteiger charge is -2.18. The Labute approximate surface area is 90.3 Å². The van der Waals surface area contributed by atoms with E-state index >= 15 is 0 Å². The monoisotopic (exact) mass is 214 g/mol. The third-order valence-electron chi connectivity index (χ3n) is 2.42. The van der Waals surface area contributed by atoms with Gasteiger partial charge in [0, 0.05) is 5.92 Å². The Morgan fingerprint density at radius 1 is 0.933 bits per heavy atom. The van der Waals surface area contributed by atoms with Crippen molar-refractivity contribution in [3.05, 3.63) is 0 Å². The van der Waals surface area contributed by atoms with Gasteiger partial charge in [0.2, 0.25) is 0 Å². The molecule has 4 nitrogen and oxygen atoms in total. The summed E-state index contributed by atoms with van der Waals surface area (Å²) in [6.45, 7) is 2.11. The average Bonchev–Trinajstić information content (AvgIpc) is 2.15. The predicted octanol–water partition coefficient (Wildman–Crippen LogP) is -0.147. The van der Waals surface area contributed by atoms with E-state index < -0.39 is 17.9 Å². The highest BCUT2D eigenvalue weighted by atomic mass is 16.4. The van der Waals surface area contributed by atoms with Gasteiger partial charge in [-0.15, -0.1) is 0 Å². The first-order chi connectivity index (χ1) is 7.09. The Bertz CT molecular complexity index is 187. The highest BCUT2D eigenvalue weighted by Crippen LogP contribution is 2.11. The van der Waals surface area contributed by atoms with Gasteiger partial charge in [0.05, 0.1) is 11.9 Å². The molecule has 88 valence electrons. The number of carbonyl (C=O) groups excluding carboxylic acids is 2. The molecule has 0 fully saturated rings. The number of carboxylic acids is 2. The average molecular weight is 214 g/mol. The highest BCUT2D eigenvalue weighted by Gasteiger charge is 2.10. The second-order valence-electron chi connectivity index (χ2n) is 3.75. The number of carboxylic acid groups (broad SMARTS) is 2. The molecule has 0 saturated carbocycles. The van der Waals surface area contributed by atoms with Gasteiger partial charge in [-0.1, -0.05) is 45.4 Å². The maximum Gasteiger partial charge on any atom is 0.0501 e. The second-order valence-corrected chi connectivity index (χ2v) is 3.75. The van der Waals surface area contributed by atoms with Crippen LogP contribution < -0.4 is 10.2 Å². The van der Waals surface area contributed by atoms with Gasteiger partial charge in [0.25, 0.3) is 0 Å². The third-order valence-corrected chi connectivity index (χ3v) is 2.42. The normalized spacial score (nSPS) is 10.5. The van der Waals surface area contributed by atoms with Crippen molar-refractivity contribution in [1.82, 2.24) is 0 Å². The summed E-state index contributed by atoms with van der Waals surface area (Å²) in [4.78, 5) is 20.8. The molecule has 0 N–H and O–H groups in total. The van der Waals surface area contributed by atoms with Gasteiger partial charge in [-0.25, -0.2) is 0 Å². The lowest BCUT2D eigenvalue weighted by molar-refractivity contribution is -0.332. The fraction of sp³-hybridized carbons (Fsp3) is 0.818. The molecule has 0 heterocycles. The molecular weight excluding hydrogens is 196 g/mol. The van der Waals surface area contributed by atoms with E-state index in [4.69, 9.17) is 0 Å². The maximum atomic E-state index is 10.4. The number of carbonyl (C=O) groups is 2. The first-order valence-electron chi connectivity index (χ1n) is 5.51. The van der Waals surface area contributed by atoms with Crippen LogP contribution in [0.5, 0.6) is 0 Å². The summed E-state index contributed by atoms with van der Waals surface area (Å²) in [5.41, 5.74) is 0. The maximum absolute atomic E-state index is 10.4. The van der Waals surface area contributed by atoms with Gasteiger partial charge >= 0.3 is 0 Å². The van der Waals surface area contributed by atoms with Crippen molar-refractivity contribution in [2.45, 2.75) is 51.9 Å². The molecule has 0 bridgehead atoms. The van der Waals surface area contributed by atoms with E-state index in [0.717, 1.165) is 25.7 Å². The number of unbranched alkanes of at least 4 members (excludes halogenated alkanes) is 5. The molecule has 0 unspecified atom stereocenters. The number of hydrogen-bond acceptors (Lipinski definition) is 4. The van der Waals surface area contributed by atoms with Crippen LogP contribution >= 0.6 is 0 Å². The third kappa shape index (κ3) is 6.94. The zero-order valence-electron chi connectivity index (χ0n) is 9.16. The van der Waals surface area contributed by atoms with Crippen molar-refractivity contribution in [1.29, 1.82) is 0 Å². The smallest absolute Gasteiger partial charge is 0.0501 e. The largest absolute Gasteiger partial charge is 0.549 e. The molecule has 0 aliphatic carbocycles. The van der Waals surface area contributed by atoms with E-state index in [1.54, 1.807) is 0 Å². The molecule has 0 aliphatic heterocycles. The molecule has 0 aromatic heterocycles. The van der Waals surface area contributed by atoms with Crippen LogP contribution in [0.15, 0.2) is 0 Å². The summed E-state index contributed by atoms with van der Waals surface area (Å²) in [6, 6.07) is 0. The predicted molar refractivity (Wildman–Crippen MR) is 51.5 cm³/mol. The standard InChI is InChI=1S/C11H20O4/c1-2-3-4-5-6-7-8-9(10(12)13)11(14)15/h9H,2-8H2,1H3,(H,12,13)(H,14,15)/p-2. The lowest BCUT2D eigenvalue weighted by atomic mass is 10.0. The van der Waals surface area contributed by atoms with Crippen LogP contribution in [0.2, 0.25) is 0 Å². The zero-order chi connectivity index (χ0) is 11.7. The summed E-state index contributed by atoms with van der Waals surface area (Å²) in [5, 5.41) is 20.8. The van der Waals surface area contributed by atoms with Gasteiger partial charge in [0.15, 0.2) is 0 Å². The Hall–Kier alpha value is -1.06. The Morgan fingerprint density at radius 2 is 1.40 bits per heavy atom. The van der Waals surface area contributed by atoms with Crippen molar-refractivity contribution in [3.63, 3.8) is 0 Å². The number of hydrogen-bond donors (Lipinski definition) is 0. The molecule has 0 saturated heterocycles. The van der Waals surface area contributed by atoms with E-state index in [1.807, 2.05) is 0 Å². The van der Waals surface area contributed by atoms with Crippen LogP contribution in [0.4, 0.5) is 0 Å². The Balaban J connectivity index is 3.55. The van der Waals surface area contributed by atoms with Gasteiger partial charge in [0.1, 0.15) is 0 Å². The Kier molecular flexibility index (Phi) is 7.68. The van der Waals surface area contributed by atoms with Crippen molar-refractivity contribution in [2.75, 3.05) is 0 Å². The topological polar surface area (TPSA) is 80.3 Å². The van der Waals surface area contributed by atoms with Crippen LogP contribution in [0.3, 0.4) is 0 Å². The van der Waals surface area contributed by atoms with Crippen molar-refractivity contribution in [2.24, 2.45) is 5.92 Å². The lowest BCUT2D eigenvalue weighted by Crippen LogP contribution is -2.43. The summed E-state index contributed by atoms with van der Waals surface area (Å²) < 4.78 is 0. The first-order valence-corrected chi connectivity index (χ1v) is 5.51. The highest BCUT2D eigenvalue weighted by molar-refractivity contribution is 5.90. The van der Waals surface area contributed by atoms with E-state index in [2.05, 4.69) is 6.92 Å². The molecule has 0 aromatic rings. The van der Waals surface area contributed by atoms with E-state index in [9.17, 15) is 19.8 Å². The minimum Gasteiger partial charge on any atom is -0.549 e. The minimum absolute atomic E-state index is 0.122. The van der Waals surface area contributed by atoms with Crippen LogP contribution in [-0.4, -0.2) is 11.9 Å². The molecule has 0 spiro atoms. The van der Waals surface area contributed by atoms with Gasteiger partial charge in [-0.3, -0.25) is 0 Å². The molecule has 0 atom stereocenters. The van der Waals surface area contributed by atoms with Crippen molar-refractivity contribution < 1.29 is 19.8 Å². The van der Waals surface area contributed by atoms with Gasteiger partial charge in [-0.05, 0) is 6.42 Å². The molecule has 0 radical (unpaired) electrons. The minimum atomic E-state index is -1.54. The van der Waals surface area contributed by atoms with Crippen LogP contribution in [0.1, 0.15) is 51.9 Å². The fourth-order valence-electron chi connectivity index (χ4n) is 1.46. The van der Waals surface area contributed by atoms with E-state index in [0.29, 0.717) is 6.42 Å². The quantitative estimate of drug-likeness (QED) is 0.395. The zero-order valence-corrected chi connectivity index (χ0v) is 9.16. The SMILES string of the molecule is CCCCCCCCC(C(=O)[O-])C(=O)[O-]. The van der Waals surface area contributed by atoms with Crippen LogP contribution in [-0.2, 0) is 9.59 Å². The van der Waals surface area contributed by atoms with E-state index in [-0.39, 0.29) is 6.42 Å². The van der Waals surface area contributed by atoms with Crippen LogP contribution in [0.25, 0.3) is 0 Å². The van der Waals surface area contributed by atoms with Crippen molar-refractivity contribution >= 4 is 11.9 Å². The molecule has 0 amide bonds.